The maximum atomic E-state index is 12.6. The van der Waals surface area contributed by atoms with Crippen LogP contribution < -0.4 is 0 Å². The highest BCUT2D eigenvalue weighted by molar-refractivity contribution is 5.66. The molecule has 39 heavy (non-hydrogen) atoms. The van der Waals surface area contributed by atoms with Crippen molar-refractivity contribution < 1.29 is 44.9 Å². The summed E-state index contributed by atoms with van der Waals surface area (Å²) in [5.74, 6) is -4.99. The zero-order valence-corrected chi connectivity index (χ0v) is 23.4. The summed E-state index contributed by atoms with van der Waals surface area (Å²) in [6.45, 7) is 8.65. The lowest BCUT2D eigenvalue weighted by Crippen LogP contribution is -2.76. The second-order valence-corrected chi connectivity index (χ2v) is 14.8. The van der Waals surface area contributed by atoms with Crippen LogP contribution in [-0.2, 0) is 14.3 Å². The predicted octanol–water partition coefficient (Wildman–Crippen LogP) is -0.243. The van der Waals surface area contributed by atoms with Crippen LogP contribution in [0, 0.1) is 40.9 Å². The Morgan fingerprint density at radius 3 is 2.46 bits per heavy atom. The third kappa shape index (κ3) is 2.98. The molecular formula is C29H45NO9. The molecule has 3 saturated heterocycles. The van der Waals surface area contributed by atoms with Crippen LogP contribution in [0.3, 0.4) is 0 Å². The molecule has 4 bridgehead atoms. The Balaban J connectivity index is 1.35. The molecule has 3 heterocycles. The molecule has 3 aliphatic heterocycles. The quantitative estimate of drug-likeness (QED) is 0.240. The van der Waals surface area contributed by atoms with Gasteiger partial charge in [-0.25, -0.2) is 0 Å². The minimum atomic E-state index is -1.89. The molecule has 0 amide bonds. The van der Waals surface area contributed by atoms with Gasteiger partial charge in [0.2, 0.25) is 5.79 Å². The number of carbonyl (C=O) groups is 1. The van der Waals surface area contributed by atoms with E-state index in [1.54, 1.807) is 6.92 Å². The zero-order valence-electron chi connectivity index (χ0n) is 23.4. The summed E-state index contributed by atoms with van der Waals surface area (Å²) in [6, 6.07) is -0.149. The van der Waals surface area contributed by atoms with E-state index in [0.29, 0.717) is 25.3 Å². The first-order valence-corrected chi connectivity index (χ1v) is 15.0. The zero-order chi connectivity index (χ0) is 28.1. The fourth-order valence-electron chi connectivity index (χ4n) is 11.7. The largest absolute Gasteiger partial charge is 0.457 e. The molecule has 0 radical (unpaired) electrons. The highest BCUT2D eigenvalue weighted by Crippen LogP contribution is 2.77. The van der Waals surface area contributed by atoms with Gasteiger partial charge in [-0.3, -0.25) is 9.69 Å². The van der Waals surface area contributed by atoms with Crippen LogP contribution in [0.4, 0.5) is 0 Å². The third-order valence-corrected chi connectivity index (χ3v) is 13.1. The molecule has 13 unspecified atom stereocenters. The first-order valence-electron chi connectivity index (χ1n) is 15.0. The van der Waals surface area contributed by atoms with Crippen molar-refractivity contribution in [2.24, 2.45) is 40.9 Å². The lowest BCUT2D eigenvalue weighted by molar-refractivity contribution is -0.296. The Labute approximate surface area is 229 Å². The summed E-state index contributed by atoms with van der Waals surface area (Å²) >= 11 is 0. The van der Waals surface area contributed by atoms with Crippen LogP contribution in [0.1, 0.15) is 66.2 Å². The summed E-state index contributed by atoms with van der Waals surface area (Å²) in [7, 11) is 0. The number of carbonyl (C=O) groups excluding carboxylic acids is 1. The molecule has 0 aromatic carbocycles. The van der Waals surface area contributed by atoms with Crippen molar-refractivity contribution in [3.63, 3.8) is 0 Å². The Bertz CT molecular complexity index is 1070. The average Bonchev–Trinajstić information content (AvgIpc) is 3.12. The maximum Gasteiger partial charge on any atom is 0.303 e. The van der Waals surface area contributed by atoms with Gasteiger partial charge in [0.15, 0.2) is 6.10 Å². The Morgan fingerprint density at radius 2 is 1.77 bits per heavy atom. The Morgan fingerprint density at radius 1 is 1.05 bits per heavy atom. The van der Waals surface area contributed by atoms with Gasteiger partial charge in [-0.1, -0.05) is 13.8 Å². The van der Waals surface area contributed by atoms with Crippen molar-refractivity contribution in [1.29, 1.82) is 0 Å². The monoisotopic (exact) mass is 551 g/mol. The molecule has 7 fully saturated rings. The Hall–Kier alpha value is -0.850. The number of aliphatic hydroxyl groups excluding tert-OH is 3. The van der Waals surface area contributed by atoms with Crippen LogP contribution >= 0.6 is 0 Å². The van der Waals surface area contributed by atoms with E-state index in [1.165, 1.54) is 6.92 Å². The first-order chi connectivity index (χ1) is 18.1. The van der Waals surface area contributed by atoms with Crippen molar-refractivity contribution in [2.45, 2.75) is 119 Å². The number of hydrogen-bond acceptors (Lipinski definition) is 10. The van der Waals surface area contributed by atoms with Crippen LogP contribution in [-0.4, -0.2) is 108 Å². The lowest BCUT2D eigenvalue weighted by atomic mass is 9.49. The van der Waals surface area contributed by atoms with Crippen molar-refractivity contribution >= 4 is 5.97 Å². The molecule has 4 aliphatic carbocycles. The lowest BCUT2D eigenvalue weighted by Gasteiger charge is -2.63. The molecule has 220 valence electrons. The number of piperidine rings is 2. The fourth-order valence-corrected chi connectivity index (χ4v) is 11.7. The van der Waals surface area contributed by atoms with Gasteiger partial charge in [-0.2, -0.15) is 0 Å². The van der Waals surface area contributed by atoms with Crippen LogP contribution in [0.25, 0.3) is 0 Å². The van der Waals surface area contributed by atoms with E-state index in [-0.39, 0.29) is 24.8 Å². The Kier molecular flexibility index (Phi) is 5.51. The van der Waals surface area contributed by atoms with Crippen molar-refractivity contribution in [2.75, 3.05) is 13.1 Å². The SMILES string of the molecule is CC(=O)OC1CCC2(C)C3CC(O)C4C2(CC2C5CN6CC(C)CCC6[C@@](C)(O)C5C(O)[C@H](O)[C@]24O)OC13O. The van der Waals surface area contributed by atoms with Crippen LogP contribution in [0.2, 0.25) is 0 Å². The van der Waals surface area contributed by atoms with Crippen molar-refractivity contribution in [3.8, 4) is 0 Å². The second kappa shape index (κ2) is 7.95. The van der Waals surface area contributed by atoms with E-state index in [4.69, 9.17) is 9.47 Å². The van der Waals surface area contributed by atoms with Crippen LogP contribution in [0.15, 0.2) is 0 Å². The standard InChI is InChI=1S/C29H45NO9/c1-13-5-6-19-26(4,35)21-15(12-30(19)11-13)16-10-27-23(28(16,36)24(34)22(21)33)17(32)9-18-25(27,3)8-7-20(38-14(2)31)29(18,37)39-27/h13,15-24,32-37H,5-12H2,1-4H3/t13?,15?,16?,17?,18?,19?,20?,21?,22?,23?,24-,25?,26+,27?,28-,29?/m0/s1. The molecule has 10 heteroatoms. The highest BCUT2D eigenvalue weighted by Gasteiger charge is 2.86. The fraction of sp³-hybridized carbons (Fsp3) is 0.966. The van der Waals surface area contributed by atoms with E-state index in [2.05, 4.69) is 11.8 Å². The smallest absolute Gasteiger partial charge is 0.303 e. The normalized spacial score (nSPS) is 63.5. The van der Waals surface area contributed by atoms with E-state index in [1.807, 2.05) is 6.92 Å². The molecule has 10 nitrogen and oxygen atoms in total. The van der Waals surface area contributed by atoms with Gasteiger partial charge in [0.05, 0.1) is 23.4 Å². The van der Waals surface area contributed by atoms with Crippen molar-refractivity contribution in [1.82, 2.24) is 4.90 Å². The van der Waals surface area contributed by atoms with E-state index < -0.39 is 82.1 Å². The summed E-state index contributed by atoms with van der Waals surface area (Å²) < 4.78 is 12.2. The number of rotatable bonds is 1. The van der Waals surface area contributed by atoms with E-state index in [9.17, 15) is 35.4 Å². The first kappa shape index (κ1) is 27.0. The van der Waals surface area contributed by atoms with Gasteiger partial charge in [-0.15, -0.1) is 0 Å². The maximum absolute atomic E-state index is 12.6. The minimum absolute atomic E-state index is 0.118. The summed E-state index contributed by atoms with van der Waals surface area (Å²) in [5.41, 5.74) is -5.03. The van der Waals surface area contributed by atoms with Gasteiger partial charge in [-0.05, 0) is 63.2 Å². The molecule has 4 saturated carbocycles. The van der Waals surface area contributed by atoms with Crippen LogP contribution in [0.5, 0.6) is 0 Å². The van der Waals surface area contributed by atoms with Gasteiger partial charge < -0.3 is 40.1 Å². The third-order valence-electron chi connectivity index (χ3n) is 13.1. The molecule has 6 N–H and O–H groups in total. The number of hydrogen-bond donors (Lipinski definition) is 6. The summed E-state index contributed by atoms with van der Waals surface area (Å²) in [4.78, 5) is 14.2. The number of esters is 1. The van der Waals surface area contributed by atoms with E-state index >= 15 is 0 Å². The number of ether oxygens (including phenoxy) is 2. The second-order valence-electron chi connectivity index (χ2n) is 14.8. The van der Waals surface area contributed by atoms with Gasteiger partial charge >= 0.3 is 5.97 Å². The minimum Gasteiger partial charge on any atom is -0.457 e. The molecule has 7 aliphatic rings. The number of nitrogens with zero attached hydrogens (tertiary/aromatic N) is 1. The highest BCUT2D eigenvalue weighted by atomic mass is 16.7. The summed E-state index contributed by atoms with van der Waals surface area (Å²) in [5, 5.41) is 71.6. The molecule has 0 aromatic heterocycles. The van der Waals surface area contributed by atoms with Gasteiger partial charge in [0.25, 0.3) is 0 Å². The number of fused-ring (bicyclic) bond motifs is 5. The molecule has 1 spiro atoms. The molecule has 0 aromatic rings. The molecular weight excluding hydrogens is 506 g/mol. The predicted molar refractivity (Wildman–Crippen MR) is 136 cm³/mol. The topological polar surface area (TPSA) is 160 Å². The summed E-state index contributed by atoms with van der Waals surface area (Å²) in [6.07, 6.45) is -1.89. The average molecular weight is 552 g/mol. The van der Waals surface area contributed by atoms with Gasteiger partial charge in [0.1, 0.15) is 11.7 Å². The number of aliphatic hydroxyl groups is 6. The molecule has 16 atom stereocenters. The van der Waals surface area contributed by atoms with Crippen molar-refractivity contribution in [3.05, 3.63) is 0 Å². The van der Waals surface area contributed by atoms with E-state index in [0.717, 1.165) is 19.4 Å². The van der Waals surface area contributed by atoms with Gasteiger partial charge in [0, 0.05) is 49.2 Å². The molecule has 7 rings (SSSR count).